The normalized spacial score (nSPS) is 21.8. The van der Waals surface area contributed by atoms with Gasteiger partial charge in [-0.2, -0.15) is 5.10 Å². The van der Waals surface area contributed by atoms with Crippen LogP contribution in [0.4, 0.5) is 5.69 Å². The molecule has 2 heterocycles. The van der Waals surface area contributed by atoms with E-state index in [0.29, 0.717) is 10.2 Å². The van der Waals surface area contributed by atoms with Crippen LogP contribution in [0.15, 0.2) is 22.3 Å². The maximum atomic E-state index is 11.7. The van der Waals surface area contributed by atoms with Crippen molar-refractivity contribution >= 4 is 52.3 Å². The Bertz CT molecular complexity index is 790. The molecule has 0 radical (unpaired) electrons. The number of hydrogen-bond acceptors (Lipinski definition) is 6. The lowest BCUT2D eigenvalue weighted by Crippen LogP contribution is -2.26. The van der Waals surface area contributed by atoms with E-state index >= 15 is 0 Å². The Balaban J connectivity index is 1.70. The lowest BCUT2D eigenvalue weighted by atomic mass is 10.1. The van der Waals surface area contributed by atoms with Crippen LogP contribution in [0.3, 0.4) is 0 Å². The Morgan fingerprint density at radius 1 is 1.46 bits per heavy atom. The zero-order valence-corrected chi connectivity index (χ0v) is 15.8. The van der Waals surface area contributed by atoms with Crippen LogP contribution in [0.2, 0.25) is 5.02 Å². The largest absolute Gasteiger partial charge is 0.481 e. The number of hydrogen-bond donors (Lipinski definition) is 2. The number of carbonyl (C=O) groups is 2. The second-order valence-electron chi connectivity index (χ2n) is 6.15. The number of nitrogens with one attached hydrogen (secondary N) is 1. The Morgan fingerprint density at radius 3 is 2.88 bits per heavy atom. The van der Waals surface area contributed by atoms with Gasteiger partial charge >= 0.3 is 5.97 Å². The average molecular weight is 395 g/mol. The first kappa shape index (κ1) is 18.7. The van der Waals surface area contributed by atoms with Crippen LogP contribution >= 0.6 is 23.4 Å². The van der Waals surface area contributed by atoms with E-state index < -0.39 is 11.2 Å². The van der Waals surface area contributed by atoms with Crippen molar-refractivity contribution in [3.8, 4) is 0 Å². The topological polar surface area (TPSA) is 94.4 Å². The molecule has 3 rings (SSSR count). The molecule has 138 valence electrons. The second kappa shape index (κ2) is 8.09. The summed E-state index contributed by atoms with van der Waals surface area (Å²) in [6.07, 6.45) is 3.68. The minimum atomic E-state index is -1.03. The third kappa shape index (κ3) is 4.19. The third-order valence-electron chi connectivity index (χ3n) is 4.32. The van der Waals surface area contributed by atoms with E-state index in [1.807, 2.05) is 19.1 Å². The van der Waals surface area contributed by atoms with Crippen LogP contribution in [-0.2, 0) is 9.59 Å². The number of nitrogens with zero attached hydrogens (tertiary/aromatic N) is 3. The summed E-state index contributed by atoms with van der Waals surface area (Å²) in [6, 6.07) is 3.94. The molecule has 2 N–H and O–H groups in total. The van der Waals surface area contributed by atoms with Gasteiger partial charge in [-0.15, -0.1) is 5.10 Å². The Labute approximate surface area is 160 Å². The molecule has 0 aromatic heterocycles. The van der Waals surface area contributed by atoms with Crippen LogP contribution in [0.5, 0.6) is 0 Å². The Kier molecular flexibility index (Phi) is 5.83. The molecule has 1 aromatic carbocycles. The van der Waals surface area contributed by atoms with Gasteiger partial charge in [0.1, 0.15) is 5.25 Å². The molecule has 0 saturated carbocycles. The highest BCUT2D eigenvalue weighted by Crippen LogP contribution is 2.31. The van der Waals surface area contributed by atoms with Gasteiger partial charge in [0.05, 0.1) is 17.7 Å². The molecule has 2 aliphatic heterocycles. The van der Waals surface area contributed by atoms with Crippen molar-refractivity contribution in [2.75, 3.05) is 18.0 Å². The lowest BCUT2D eigenvalue weighted by molar-refractivity contribution is -0.138. The van der Waals surface area contributed by atoms with Crippen LogP contribution in [0.25, 0.3) is 0 Å². The lowest BCUT2D eigenvalue weighted by Gasteiger charge is -2.21. The van der Waals surface area contributed by atoms with E-state index in [1.54, 1.807) is 0 Å². The highest BCUT2D eigenvalue weighted by molar-refractivity contribution is 8.15. The van der Waals surface area contributed by atoms with Gasteiger partial charge in [-0.25, -0.2) is 0 Å². The first-order chi connectivity index (χ1) is 12.5. The fourth-order valence-corrected chi connectivity index (χ4v) is 4.11. The van der Waals surface area contributed by atoms with Gasteiger partial charge < -0.3 is 15.3 Å². The van der Waals surface area contributed by atoms with E-state index in [9.17, 15) is 9.59 Å². The maximum Gasteiger partial charge on any atom is 0.305 e. The summed E-state index contributed by atoms with van der Waals surface area (Å²) in [6.45, 7) is 4.09. The summed E-state index contributed by atoms with van der Waals surface area (Å²) in [5.41, 5.74) is 2.90. The predicted octanol–water partition coefficient (Wildman–Crippen LogP) is 2.64. The smallest absolute Gasteiger partial charge is 0.305 e. The first-order valence-electron chi connectivity index (χ1n) is 8.30. The summed E-state index contributed by atoms with van der Waals surface area (Å²) in [4.78, 5) is 24.7. The molecular formula is C17H19ClN4O3S. The summed E-state index contributed by atoms with van der Waals surface area (Å²) < 4.78 is 0. The molecule has 1 unspecified atom stereocenters. The summed E-state index contributed by atoms with van der Waals surface area (Å²) in [5.74, 6) is -1.39. The van der Waals surface area contributed by atoms with Gasteiger partial charge in [0, 0.05) is 24.3 Å². The molecule has 0 aliphatic carbocycles. The van der Waals surface area contributed by atoms with Crippen molar-refractivity contribution in [1.29, 1.82) is 0 Å². The minimum absolute atomic E-state index is 0.248. The molecule has 1 atom stereocenters. The first-order valence-corrected chi connectivity index (χ1v) is 9.56. The van der Waals surface area contributed by atoms with E-state index in [0.717, 1.165) is 41.7 Å². The Hall–Kier alpha value is -2.06. The molecule has 0 spiro atoms. The predicted molar refractivity (Wildman–Crippen MR) is 104 cm³/mol. The molecule has 1 aromatic rings. The van der Waals surface area contributed by atoms with Crippen LogP contribution in [-0.4, -0.2) is 46.7 Å². The molecule has 2 saturated heterocycles. The minimum Gasteiger partial charge on any atom is -0.481 e. The highest BCUT2D eigenvalue weighted by Gasteiger charge is 2.32. The number of benzene rings is 1. The molecule has 9 heteroatoms. The maximum absolute atomic E-state index is 11.7. The van der Waals surface area contributed by atoms with E-state index in [2.05, 4.69) is 20.4 Å². The zero-order chi connectivity index (χ0) is 18.7. The number of halogens is 1. The van der Waals surface area contributed by atoms with Crippen LogP contribution < -0.4 is 10.2 Å². The van der Waals surface area contributed by atoms with Gasteiger partial charge in [0.15, 0.2) is 5.17 Å². The molecule has 7 nitrogen and oxygen atoms in total. The van der Waals surface area contributed by atoms with Crippen molar-refractivity contribution in [2.24, 2.45) is 10.2 Å². The Morgan fingerprint density at radius 2 is 2.19 bits per heavy atom. The number of rotatable bonds is 5. The van der Waals surface area contributed by atoms with Gasteiger partial charge in [0.2, 0.25) is 5.91 Å². The van der Waals surface area contributed by atoms with Crippen LogP contribution in [0, 0.1) is 6.92 Å². The van der Waals surface area contributed by atoms with Gasteiger partial charge in [0.25, 0.3) is 0 Å². The molecule has 26 heavy (non-hydrogen) atoms. The van der Waals surface area contributed by atoms with Crippen molar-refractivity contribution < 1.29 is 14.7 Å². The number of thioether (sulfide) groups is 1. The fourth-order valence-electron chi connectivity index (χ4n) is 2.98. The number of carbonyl (C=O) groups excluding carboxylic acids is 1. The van der Waals surface area contributed by atoms with Gasteiger partial charge in [-0.05, 0) is 37.5 Å². The monoisotopic (exact) mass is 394 g/mol. The van der Waals surface area contributed by atoms with Crippen molar-refractivity contribution in [1.82, 2.24) is 5.32 Å². The molecule has 1 amide bonds. The molecule has 2 aliphatic rings. The van der Waals surface area contributed by atoms with E-state index in [-0.39, 0.29) is 12.3 Å². The molecule has 2 fully saturated rings. The molecule has 0 bridgehead atoms. The third-order valence-corrected chi connectivity index (χ3v) is 5.89. The number of carboxylic acid groups (broad SMARTS) is 1. The molecular weight excluding hydrogens is 376 g/mol. The van der Waals surface area contributed by atoms with E-state index in [1.165, 1.54) is 19.1 Å². The SMILES string of the molecule is Cc1c(N2CCCC2)ccc(C=NN=C2NC(=O)C(CC(=O)O)S2)c1Cl. The van der Waals surface area contributed by atoms with Crippen LogP contribution in [0.1, 0.15) is 30.4 Å². The van der Waals surface area contributed by atoms with Crippen molar-refractivity contribution in [3.05, 3.63) is 28.3 Å². The average Bonchev–Trinajstić information content (AvgIpc) is 3.22. The zero-order valence-electron chi connectivity index (χ0n) is 14.2. The standard InChI is InChI=1S/C17H19ClN4O3S/c1-10-12(22-6-2-3-7-22)5-4-11(15(10)18)9-19-21-17-20-16(25)13(26-17)8-14(23)24/h4-5,9,13H,2-3,6-8H2,1H3,(H,23,24)(H,20,21,25). The van der Waals surface area contributed by atoms with E-state index in [4.69, 9.17) is 16.7 Å². The number of carboxylic acids is 1. The second-order valence-corrected chi connectivity index (χ2v) is 7.72. The summed E-state index contributed by atoms with van der Waals surface area (Å²) in [7, 11) is 0. The fraction of sp³-hybridized carbons (Fsp3) is 0.412. The number of aliphatic carboxylic acids is 1. The number of amides is 1. The number of amidine groups is 1. The summed E-state index contributed by atoms with van der Waals surface area (Å²) >= 11 is 7.53. The van der Waals surface area contributed by atoms with Gasteiger partial charge in [-0.1, -0.05) is 23.4 Å². The highest BCUT2D eigenvalue weighted by atomic mass is 35.5. The van der Waals surface area contributed by atoms with Crippen molar-refractivity contribution in [3.63, 3.8) is 0 Å². The number of anilines is 1. The summed E-state index contributed by atoms with van der Waals surface area (Å²) in [5, 5.41) is 19.5. The van der Waals surface area contributed by atoms with Crippen molar-refractivity contribution in [2.45, 2.75) is 31.4 Å². The quantitative estimate of drug-likeness (QED) is 0.591. The van der Waals surface area contributed by atoms with Gasteiger partial charge in [-0.3, -0.25) is 9.59 Å².